The number of rotatable bonds is 7. The van der Waals surface area contributed by atoms with Gasteiger partial charge in [-0.3, -0.25) is 9.58 Å². The quantitative estimate of drug-likeness (QED) is 0.803. The van der Waals surface area contributed by atoms with E-state index >= 15 is 0 Å². The summed E-state index contributed by atoms with van der Waals surface area (Å²) < 4.78 is 32.6. The Balaban J connectivity index is 1.71. The first kappa shape index (κ1) is 17.9. The lowest BCUT2D eigenvalue weighted by molar-refractivity contribution is 0.160. The maximum atomic E-state index is 11.3. The molecule has 1 aromatic heterocycles. The van der Waals surface area contributed by atoms with Gasteiger partial charge >= 0.3 is 0 Å². The minimum absolute atomic E-state index is 0.141. The lowest BCUT2D eigenvalue weighted by Crippen LogP contribution is -2.38. The lowest BCUT2D eigenvalue weighted by Gasteiger charge is -2.34. The summed E-state index contributed by atoms with van der Waals surface area (Å²) in [6.45, 7) is 2.82. The van der Waals surface area contributed by atoms with Gasteiger partial charge in [-0.15, -0.1) is 0 Å². The van der Waals surface area contributed by atoms with Crippen molar-refractivity contribution in [2.75, 3.05) is 26.5 Å². The second kappa shape index (κ2) is 7.55. The summed E-state index contributed by atoms with van der Waals surface area (Å²) >= 11 is 0. The number of fused-ring (bicyclic) bond motifs is 1. The summed E-state index contributed by atoms with van der Waals surface area (Å²) in [6, 6.07) is 10.2. The van der Waals surface area contributed by atoms with Crippen molar-refractivity contribution in [3.05, 3.63) is 47.8 Å². The fourth-order valence-electron chi connectivity index (χ4n) is 3.28. The number of nitrogens with one attached hydrogen (secondary N) is 1. The molecule has 2 aromatic rings. The Labute approximate surface area is 148 Å². The van der Waals surface area contributed by atoms with Crippen LogP contribution in [-0.2, 0) is 23.1 Å². The molecule has 0 amide bonds. The number of sulfonamides is 1. The third kappa shape index (κ3) is 4.59. The van der Waals surface area contributed by atoms with Crippen LogP contribution in [0.15, 0.2) is 36.5 Å². The predicted molar refractivity (Wildman–Crippen MR) is 95.8 cm³/mol. The van der Waals surface area contributed by atoms with Gasteiger partial charge in [0, 0.05) is 37.9 Å². The van der Waals surface area contributed by atoms with Crippen molar-refractivity contribution in [2.24, 2.45) is 0 Å². The van der Waals surface area contributed by atoms with Crippen LogP contribution < -0.4 is 9.46 Å². The molecule has 0 bridgehead atoms. The molecule has 2 heterocycles. The molecule has 0 radical (unpaired) electrons. The molecule has 0 spiro atoms. The van der Waals surface area contributed by atoms with Crippen LogP contribution in [0.3, 0.4) is 0 Å². The van der Waals surface area contributed by atoms with Crippen molar-refractivity contribution in [3.8, 4) is 5.75 Å². The van der Waals surface area contributed by atoms with E-state index in [1.165, 1.54) is 6.26 Å². The number of ether oxygens (including phenoxy) is 1. The minimum atomic E-state index is -3.17. The second-order valence-electron chi connectivity index (χ2n) is 6.36. The summed E-state index contributed by atoms with van der Waals surface area (Å²) in [7, 11) is -1.49. The highest BCUT2D eigenvalue weighted by atomic mass is 32.2. The van der Waals surface area contributed by atoms with Gasteiger partial charge in [-0.05, 0) is 18.6 Å². The smallest absolute Gasteiger partial charge is 0.208 e. The molecule has 0 aliphatic carbocycles. The van der Waals surface area contributed by atoms with E-state index in [1.54, 1.807) is 13.3 Å². The Bertz CT molecular complexity index is 819. The molecule has 8 heteroatoms. The molecule has 1 N–H and O–H groups in total. The zero-order chi connectivity index (χ0) is 17.9. The fourth-order valence-corrected chi connectivity index (χ4v) is 3.77. The molecule has 0 saturated carbocycles. The Kier molecular flexibility index (Phi) is 5.41. The Morgan fingerprint density at radius 3 is 2.88 bits per heavy atom. The number of hydrogen-bond donors (Lipinski definition) is 1. The van der Waals surface area contributed by atoms with Crippen molar-refractivity contribution < 1.29 is 13.2 Å². The van der Waals surface area contributed by atoms with E-state index < -0.39 is 10.0 Å². The number of aromatic nitrogens is 2. The van der Waals surface area contributed by atoms with E-state index in [1.807, 2.05) is 28.9 Å². The summed E-state index contributed by atoms with van der Waals surface area (Å²) in [6.07, 6.45) is 3.68. The molecular weight excluding hydrogens is 340 g/mol. The largest absolute Gasteiger partial charge is 0.496 e. The van der Waals surface area contributed by atoms with E-state index in [2.05, 4.69) is 20.8 Å². The van der Waals surface area contributed by atoms with Gasteiger partial charge in [-0.1, -0.05) is 18.2 Å². The summed E-state index contributed by atoms with van der Waals surface area (Å²) in [5.74, 6) is 0.886. The lowest BCUT2D eigenvalue weighted by atomic mass is 10.1. The van der Waals surface area contributed by atoms with E-state index in [0.29, 0.717) is 13.0 Å². The van der Waals surface area contributed by atoms with E-state index in [-0.39, 0.29) is 6.04 Å². The van der Waals surface area contributed by atoms with Gasteiger partial charge < -0.3 is 4.74 Å². The van der Waals surface area contributed by atoms with Crippen LogP contribution in [0.2, 0.25) is 0 Å². The molecule has 0 unspecified atom stereocenters. The highest BCUT2D eigenvalue weighted by Gasteiger charge is 2.26. The van der Waals surface area contributed by atoms with Gasteiger partial charge in [0.05, 0.1) is 25.1 Å². The van der Waals surface area contributed by atoms with Crippen molar-refractivity contribution in [1.29, 1.82) is 0 Å². The molecular formula is C17H24N4O3S. The van der Waals surface area contributed by atoms with Crippen LogP contribution in [0, 0.1) is 0 Å². The zero-order valence-electron chi connectivity index (χ0n) is 14.6. The zero-order valence-corrected chi connectivity index (χ0v) is 15.4. The molecule has 0 saturated heterocycles. The Hall–Kier alpha value is -1.90. The average molecular weight is 364 g/mol. The van der Waals surface area contributed by atoms with Gasteiger partial charge in [0.25, 0.3) is 0 Å². The van der Waals surface area contributed by atoms with Crippen LogP contribution in [0.4, 0.5) is 0 Å². The molecule has 1 aliphatic heterocycles. The molecule has 1 aliphatic rings. The van der Waals surface area contributed by atoms with Crippen molar-refractivity contribution >= 4 is 10.0 Å². The Morgan fingerprint density at radius 2 is 2.12 bits per heavy atom. The van der Waals surface area contributed by atoms with Gasteiger partial charge in [-0.25, -0.2) is 13.1 Å². The molecule has 25 heavy (non-hydrogen) atoms. The van der Waals surface area contributed by atoms with Gasteiger partial charge in [0.15, 0.2) is 0 Å². The van der Waals surface area contributed by atoms with Crippen LogP contribution in [0.1, 0.15) is 23.7 Å². The maximum Gasteiger partial charge on any atom is 0.208 e. The first-order valence-electron chi connectivity index (χ1n) is 8.27. The second-order valence-corrected chi connectivity index (χ2v) is 8.19. The van der Waals surface area contributed by atoms with E-state index in [4.69, 9.17) is 4.74 Å². The van der Waals surface area contributed by atoms with Crippen molar-refractivity contribution in [3.63, 3.8) is 0 Å². The highest BCUT2D eigenvalue weighted by molar-refractivity contribution is 7.88. The van der Waals surface area contributed by atoms with Crippen molar-refractivity contribution in [2.45, 2.75) is 25.6 Å². The third-order valence-electron chi connectivity index (χ3n) is 4.38. The monoisotopic (exact) mass is 364 g/mol. The van der Waals surface area contributed by atoms with Crippen LogP contribution >= 0.6 is 0 Å². The number of nitrogens with zero attached hydrogens (tertiary/aromatic N) is 3. The molecule has 1 aromatic carbocycles. The molecule has 1 atom stereocenters. The van der Waals surface area contributed by atoms with Crippen LogP contribution in [0.5, 0.6) is 5.75 Å². The van der Waals surface area contributed by atoms with Crippen LogP contribution in [0.25, 0.3) is 0 Å². The first-order valence-corrected chi connectivity index (χ1v) is 10.2. The average Bonchev–Trinajstić information content (AvgIpc) is 3.03. The maximum absolute atomic E-state index is 11.3. The van der Waals surface area contributed by atoms with Gasteiger partial charge in [0.1, 0.15) is 5.75 Å². The normalized spacial score (nSPS) is 18.1. The van der Waals surface area contributed by atoms with Crippen molar-refractivity contribution in [1.82, 2.24) is 19.4 Å². The number of methoxy groups -OCH3 is 1. The number of hydrogen-bond acceptors (Lipinski definition) is 5. The Morgan fingerprint density at radius 1 is 1.32 bits per heavy atom. The van der Waals surface area contributed by atoms with E-state index in [0.717, 1.165) is 36.6 Å². The van der Waals surface area contributed by atoms with E-state index in [9.17, 15) is 8.42 Å². The predicted octanol–water partition coefficient (Wildman–Crippen LogP) is 1.39. The third-order valence-corrected chi connectivity index (χ3v) is 5.11. The fraction of sp³-hybridized carbons (Fsp3) is 0.471. The van der Waals surface area contributed by atoms with Gasteiger partial charge in [-0.2, -0.15) is 5.10 Å². The van der Waals surface area contributed by atoms with Gasteiger partial charge in [0.2, 0.25) is 10.0 Å². The molecule has 7 nitrogen and oxygen atoms in total. The number of para-hydroxylation sites is 1. The summed E-state index contributed by atoms with van der Waals surface area (Å²) in [5, 5.41) is 4.42. The number of benzene rings is 1. The molecule has 136 valence electrons. The SMILES string of the molecule is COc1ccccc1CN1Cc2ccnn2[C@@H](CCNS(C)(=O)=O)C1. The molecule has 0 fully saturated rings. The topological polar surface area (TPSA) is 76.5 Å². The summed E-state index contributed by atoms with van der Waals surface area (Å²) in [4.78, 5) is 2.35. The van der Waals surface area contributed by atoms with Crippen LogP contribution in [-0.4, -0.2) is 49.6 Å². The first-order chi connectivity index (χ1) is 12.0. The highest BCUT2D eigenvalue weighted by Crippen LogP contribution is 2.26. The minimum Gasteiger partial charge on any atom is -0.496 e. The standard InChI is InChI=1S/C17H24N4O3S/c1-24-17-6-4-3-5-14(17)11-20-12-15-7-9-18-21(15)16(13-20)8-10-19-25(2,22)23/h3-7,9,16,19H,8,10-13H2,1-2H3/t16-/m0/s1. The molecule has 3 rings (SSSR count). The summed E-state index contributed by atoms with van der Waals surface area (Å²) in [5.41, 5.74) is 2.29.